The first-order valence-corrected chi connectivity index (χ1v) is 9.37. The zero-order chi connectivity index (χ0) is 18.2. The van der Waals surface area contributed by atoms with Crippen molar-refractivity contribution in [2.75, 3.05) is 44.2 Å². The maximum absolute atomic E-state index is 12.2. The Morgan fingerprint density at radius 3 is 2.50 bits per heavy atom. The molecule has 2 N–H and O–H groups in total. The van der Waals surface area contributed by atoms with Gasteiger partial charge in [0.2, 0.25) is 0 Å². The lowest BCUT2D eigenvalue weighted by Crippen LogP contribution is -3.15. The number of ether oxygens (including phenoxy) is 1. The number of piperazine rings is 1. The molecule has 0 radical (unpaired) electrons. The van der Waals surface area contributed by atoms with Gasteiger partial charge in [-0.1, -0.05) is 42.5 Å². The highest BCUT2D eigenvalue weighted by Gasteiger charge is 2.23. The zero-order valence-corrected chi connectivity index (χ0v) is 15.4. The number of anilines is 1. The highest BCUT2D eigenvalue weighted by molar-refractivity contribution is 5.76. The van der Waals surface area contributed by atoms with E-state index in [1.54, 1.807) is 0 Å². The van der Waals surface area contributed by atoms with E-state index in [9.17, 15) is 4.79 Å². The van der Waals surface area contributed by atoms with E-state index in [0.717, 1.165) is 43.2 Å². The second kappa shape index (κ2) is 9.25. The lowest BCUT2D eigenvalue weighted by Gasteiger charge is -2.34. The molecule has 1 saturated heterocycles. The van der Waals surface area contributed by atoms with Crippen LogP contribution in [0, 0.1) is 0 Å². The van der Waals surface area contributed by atoms with Gasteiger partial charge in [0.1, 0.15) is 5.75 Å². The Labute approximate surface area is 155 Å². The smallest absolute Gasteiger partial charge is 0.275 e. The Bertz CT molecular complexity index is 697. The molecule has 0 bridgehead atoms. The van der Waals surface area contributed by atoms with Crippen LogP contribution in [-0.4, -0.2) is 45.2 Å². The summed E-state index contributed by atoms with van der Waals surface area (Å²) in [6.07, 6.45) is 0. The summed E-state index contributed by atoms with van der Waals surface area (Å²) in [4.78, 5) is 15.9. The van der Waals surface area contributed by atoms with Crippen molar-refractivity contribution in [3.05, 3.63) is 60.2 Å². The lowest BCUT2D eigenvalue weighted by molar-refractivity contribution is -0.892. The fourth-order valence-electron chi connectivity index (χ4n) is 3.32. The molecule has 26 heavy (non-hydrogen) atoms. The van der Waals surface area contributed by atoms with Gasteiger partial charge in [0.05, 0.1) is 38.5 Å². The molecule has 0 aliphatic carbocycles. The summed E-state index contributed by atoms with van der Waals surface area (Å²) in [5, 5.41) is 3.02. The van der Waals surface area contributed by atoms with Crippen LogP contribution in [0.1, 0.15) is 12.5 Å². The van der Waals surface area contributed by atoms with Crippen LogP contribution in [0.25, 0.3) is 0 Å². The number of carbonyl (C=O) groups is 1. The third-order valence-corrected chi connectivity index (χ3v) is 4.72. The number of hydrogen-bond acceptors (Lipinski definition) is 3. The molecular weight excluding hydrogens is 326 g/mol. The third kappa shape index (κ3) is 4.99. The number of quaternary nitrogens is 1. The number of para-hydroxylation sites is 2. The molecule has 1 heterocycles. The van der Waals surface area contributed by atoms with E-state index in [0.29, 0.717) is 19.7 Å². The summed E-state index contributed by atoms with van der Waals surface area (Å²) < 4.78 is 5.74. The first kappa shape index (κ1) is 18.3. The first-order valence-electron chi connectivity index (χ1n) is 9.37. The van der Waals surface area contributed by atoms with E-state index in [4.69, 9.17) is 4.74 Å². The van der Waals surface area contributed by atoms with Gasteiger partial charge in [-0.25, -0.2) is 0 Å². The fourth-order valence-corrected chi connectivity index (χ4v) is 3.32. The number of hydrogen-bond donors (Lipinski definition) is 2. The second-order valence-corrected chi connectivity index (χ2v) is 6.58. The van der Waals surface area contributed by atoms with Gasteiger partial charge < -0.3 is 19.9 Å². The highest BCUT2D eigenvalue weighted by Crippen LogP contribution is 2.27. The molecule has 1 aliphatic heterocycles. The van der Waals surface area contributed by atoms with Gasteiger partial charge >= 0.3 is 0 Å². The van der Waals surface area contributed by atoms with E-state index in [2.05, 4.69) is 16.3 Å². The maximum Gasteiger partial charge on any atom is 0.275 e. The van der Waals surface area contributed by atoms with Crippen LogP contribution in [-0.2, 0) is 11.3 Å². The normalized spacial score (nSPS) is 14.9. The van der Waals surface area contributed by atoms with Gasteiger partial charge in [0, 0.05) is 6.54 Å². The van der Waals surface area contributed by atoms with Gasteiger partial charge in [-0.15, -0.1) is 0 Å². The fraction of sp³-hybridized carbons (Fsp3) is 0.381. The Kier molecular flexibility index (Phi) is 6.50. The molecule has 0 spiro atoms. The van der Waals surface area contributed by atoms with Crippen LogP contribution < -0.4 is 19.9 Å². The van der Waals surface area contributed by atoms with Crippen molar-refractivity contribution < 1.29 is 14.4 Å². The monoisotopic (exact) mass is 354 g/mol. The first-order chi connectivity index (χ1) is 12.8. The quantitative estimate of drug-likeness (QED) is 0.783. The largest absolute Gasteiger partial charge is 0.492 e. The number of carbonyl (C=O) groups excluding carboxylic acids is 1. The molecule has 0 atom stereocenters. The van der Waals surface area contributed by atoms with Crippen LogP contribution in [0.2, 0.25) is 0 Å². The minimum atomic E-state index is 0.118. The Morgan fingerprint density at radius 2 is 1.77 bits per heavy atom. The second-order valence-electron chi connectivity index (χ2n) is 6.58. The van der Waals surface area contributed by atoms with Crippen LogP contribution in [0.3, 0.4) is 0 Å². The van der Waals surface area contributed by atoms with Crippen molar-refractivity contribution in [2.45, 2.75) is 13.5 Å². The van der Waals surface area contributed by atoms with E-state index < -0.39 is 0 Å². The maximum atomic E-state index is 12.2. The Morgan fingerprint density at radius 1 is 1.08 bits per heavy atom. The Hall–Kier alpha value is -2.53. The van der Waals surface area contributed by atoms with Gasteiger partial charge in [-0.2, -0.15) is 0 Å². The highest BCUT2D eigenvalue weighted by atomic mass is 16.5. The van der Waals surface area contributed by atoms with E-state index in [1.165, 1.54) is 4.90 Å². The molecule has 0 aromatic heterocycles. The van der Waals surface area contributed by atoms with E-state index in [-0.39, 0.29) is 5.91 Å². The predicted molar refractivity (Wildman–Crippen MR) is 104 cm³/mol. The van der Waals surface area contributed by atoms with Gasteiger partial charge in [0.25, 0.3) is 5.91 Å². The molecule has 5 nitrogen and oxygen atoms in total. The molecule has 0 unspecified atom stereocenters. The average molecular weight is 354 g/mol. The van der Waals surface area contributed by atoms with Crippen molar-refractivity contribution in [1.29, 1.82) is 0 Å². The third-order valence-electron chi connectivity index (χ3n) is 4.72. The van der Waals surface area contributed by atoms with Gasteiger partial charge in [-0.3, -0.25) is 4.79 Å². The zero-order valence-electron chi connectivity index (χ0n) is 15.4. The molecular formula is C21H28N3O2+. The topological polar surface area (TPSA) is 46.0 Å². The number of benzene rings is 2. The number of amides is 1. The summed E-state index contributed by atoms with van der Waals surface area (Å²) in [5.74, 6) is 1.06. The van der Waals surface area contributed by atoms with Crippen molar-refractivity contribution in [3.63, 3.8) is 0 Å². The molecule has 138 valence electrons. The number of nitrogens with one attached hydrogen (secondary N) is 2. The van der Waals surface area contributed by atoms with Crippen molar-refractivity contribution >= 4 is 11.6 Å². The standard InChI is InChI=1S/C21H27N3O2/c1-2-26-20-11-7-6-10-19(20)24-14-12-23(13-15-24)17-21(25)22-16-18-8-4-3-5-9-18/h3-11H,2,12-17H2,1H3,(H,22,25)/p+1. The van der Waals surface area contributed by atoms with Crippen molar-refractivity contribution in [2.24, 2.45) is 0 Å². The molecule has 1 amide bonds. The molecule has 0 saturated carbocycles. The molecule has 2 aromatic carbocycles. The summed E-state index contributed by atoms with van der Waals surface area (Å²) in [6.45, 7) is 7.60. The van der Waals surface area contributed by atoms with Crippen LogP contribution in [0.15, 0.2) is 54.6 Å². The number of rotatable bonds is 7. The number of nitrogens with zero attached hydrogens (tertiary/aromatic N) is 1. The summed E-state index contributed by atoms with van der Waals surface area (Å²) in [7, 11) is 0. The Balaban J connectivity index is 1.46. The van der Waals surface area contributed by atoms with Crippen LogP contribution >= 0.6 is 0 Å². The minimum absolute atomic E-state index is 0.118. The lowest BCUT2D eigenvalue weighted by atomic mass is 10.2. The van der Waals surface area contributed by atoms with E-state index >= 15 is 0 Å². The minimum Gasteiger partial charge on any atom is -0.492 e. The SMILES string of the molecule is CCOc1ccccc1N1CC[NH+](CC(=O)NCc2ccccc2)CC1. The van der Waals surface area contributed by atoms with Crippen molar-refractivity contribution in [3.8, 4) is 5.75 Å². The summed E-state index contributed by atoms with van der Waals surface area (Å²) in [5.41, 5.74) is 2.29. The molecule has 2 aromatic rings. The van der Waals surface area contributed by atoms with Gasteiger partial charge in [-0.05, 0) is 24.6 Å². The van der Waals surface area contributed by atoms with Crippen molar-refractivity contribution in [1.82, 2.24) is 5.32 Å². The molecule has 5 heteroatoms. The molecule has 1 fully saturated rings. The predicted octanol–water partition coefficient (Wildman–Crippen LogP) is 1.11. The summed E-state index contributed by atoms with van der Waals surface area (Å²) >= 11 is 0. The van der Waals surface area contributed by atoms with Gasteiger partial charge in [0.15, 0.2) is 6.54 Å². The average Bonchev–Trinajstić information content (AvgIpc) is 2.69. The molecule has 1 aliphatic rings. The van der Waals surface area contributed by atoms with Crippen LogP contribution in [0.5, 0.6) is 5.75 Å². The van der Waals surface area contributed by atoms with E-state index in [1.807, 2.05) is 55.5 Å². The van der Waals surface area contributed by atoms with Crippen LogP contribution in [0.4, 0.5) is 5.69 Å². The molecule has 3 rings (SSSR count). The summed E-state index contributed by atoms with van der Waals surface area (Å²) in [6, 6.07) is 18.2.